The summed E-state index contributed by atoms with van der Waals surface area (Å²) in [7, 11) is 0. The maximum absolute atomic E-state index is 10.3. The maximum atomic E-state index is 10.3. The molecule has 0 heterocycles. The predicted molar refractivity (Wildman–Crippen MR) is 73.3 cm³/mol. The van der Waals surface area contributed by atoms with Gasteiger partial charge in [0, 0.05) is 19.0 Å². The summed E-state index contributed by atoms with van der Waals surface area (Å²) in [6.45, 7) is 8.84. The molecule has 0 aromatic heterocycles. The van der Waals surface area contributed by atoms with Gasteiger partial charge in [-0.15, -0.1) is 0 Å². The molecule has 0 aliphatic heterocycles. The zero-order valence-electron chi connectivity index (χ0n) is 11.5. The van der Waals surface area contributed by atoms with Gasteiger partial charge in [-0.25, -0.2) is 0 Å². The van der Waals surface area contributed by atoms with Crippen molar-refractivity contribution in [1.82, 2.24) is 5.32 Å². The first-order valence-corrected chi connectivity index (χ1v) is 6.46. The fourth-order valence-electron chi connectivity index (χ4n) is 1.82. The van der Waals surface area contributed by atoms with Gasteiger partial charge in [0.25, 0.3) is 0 Å². The second-order valence-corrected chi connectivity index (χ2v) is 5.38. The molecule has 0 spiro atoms. The van der Waals surface area contributed by atoms with Crippen LogP contribution in [0.25, 0.3) is 0 Å². The van der Waals surface area contributed by atoms with Gasteiger partial charge >= 0.3 is 0 Å². The maximum Gasteiger partial charge on any atom is 0.0783 e. The lowest BCUT2D eigenvalue weighted by atomic mass is 9.95. The molecule has 0 saturated carbocycles. The number of rotatable bonds is 6. The van der Waals surface area contributed by atoms with E-state index in [9.17, 15) is 5.11 Å². The molecule has 1 unspecified atom stereocenters. The van der Waals surface area contributed by atoms with Gasteiger partial charge in [0.05, 0.1) is 5.60 Å². The van der Waals surface area contributed by atoms with Crippen molar-refractivity contribution in [3.63, 3.8) is 0 Å². The quantitative estimate of drug-likeness (QED) is 0.794. The lowest BCUT2D eigenvalue weighted by molar-refractivity contribution is 0.0581. The van der Waals surface area contributed by atoms with Gasteiger partial charge < -0.3 is 10.4 Å². The van der Waals surface area contributed by atoms with Crippen molar-refractivity contribution in [3.8, 4) is 0 Å². The number of aryl methyl sites for hydroxylation is 1. The normalized spacial score (nSPS) is 14.9. The third-order valence-electron chi connectivity index (χ3n) is 2.91. The highest BCUT2D eigenvalue weighted by molar-refractivity contribution is 5.23. The summed E-state index contributed by atoms with van der Waals surface area (Å²) >= 11 is 0. The molecule has 0 aliphatic rings. The zero-order valence-corrected chi connectivity index (χ0v) is 11.5. The molecular formula is C15H25NO. The van der Waals surface area contributed by atoms with Gasteiger partial charge in [-0.3, -0.25) is 0 Å². The number of benzene rings is 1. The van der Waals surface area contributed by atoms with Crippen LogP contribution in [-0.2, 0) is 12.8 Å². The van der Waals surface area contributed by atoms with Crippen molar-refractivity contribution in [2.75, 3.05) is 6.54 Å². The monoisotopic (exact) mass is 235 g/mol. The molecule has 0 bridgehead atoms. The first-order chi connectivity index (χ1) is 7.93. The van der Waals surface area contributed by atoms with Crippen molar-refractivity contribution in [2.45, 2.75) is 52.2 Å². The fraction of sp³-hybridized carbons (Fsp3) is 0.600. The van der Waals surface area contributed by atoms with Gasteiger partial charge in [0.2, 0.25) is 0 Å². The second kappa shape index (κ2) is 6.18. The molecule has 1 atom stereocenters. The van der Waals surface area contributed by atoms with Crippen LogP contribution in [-0.4, -0.2) is 23.3 Å². The highest BCUT2D eigenvalue weighted by Crippen LogP contribution is 2.14. The van der Waals surface area contributed by atoms with Crippen LogP contribution in [0.1, 0.15) is 38.8 Å². The Balaban J connectivity index is 2.56. The lowest BCUT2D eigenvalue weighted by Crippen LogP contribution is -2.42. The standard InChI is InChI=1S/C15H25NO/c1-5-13-6-8-14(9-7-13)10-15(4,17)11-16-12(2)3/h6-9,12,16-17H,5,10-11H2,1-4H3. The highest BCUT2D eigenvalue weighted by atomic mass is 16.3. The number of nitrogens with one attached hydrogen (secondary N) is 1. The Kier molecular flexibility index (Phi) is 5.16. The number of hydrogen-bond acceptors (Lipinski definition) is 2. The van der Waals surface area contributed by atoms with Crippen molar-refractivity contribution < 1.29 is 5.11 Å². The third kappa shape index (κ3) is 5.33. The van der Waals surface area contributed by atoms with Crippen LogP contribution < -0.4 is 5.32 Å². The van der Waals surface area contributed by atoms with E-state index in [1.165, 1.54) is 11.1 Å². The Hall–Kier alpha value is -0.860. The van der Waals surface area contributed by atoms with Crippen LogP contribution in [0.4, 0.5) is 0 Å². The van der Waals surface area contributed by atoms with E-state index < -0.39 is 5.60 Å². The Morgan fingerprint density at radius 1 is 1.18 bits per heavy atom. The van der Waals surface area contributed by atoms with Crippen LogP contribution in [0.15, 0.2) is 24.3 Å². The first kappa shape index (κ1) is 14.2. The summed E-state index contributed by atoms with van der Waals surface area (Å²) in [4.78, 5) is 0. The van der Waals surface area contributed by atoms with E-state index >= 15 is 0 Å². The molecule has 0 aliphatic carbocycles. The van der Waals surface area contributed by atoms with E-state index in [0.29, 0.717) is 19.0 Å². The molecule has 1 aromatic rings. The van der Waals surface area contributed by atoms with Gasteiger partial charge in [-0.05, 0) is 24.5 Å². The Morgan fingerprint density at radius 3 is 2.18 bits per heavy atom. The second-order valence-electron chi connectivity index (χ2n) is 5.38. The van der Waals surface area contributed by atoms with E-state index in [4.69, 9.17) is 0 Å². The molecule has 0 amide bonds. The minimum atomic E-state index is -0.683. The number of hydrogen-bond donors (Lipinski definition) is 2. The Labute approximate surface area is 105 Å². The molecule has 17 heavy (non-hydrogen) atoms. The van der Waals surface area contributed by atoms with E-state index in [1.807, 2.05) is 6.92 Å². The van der Waals surface area contributed by atoms with Crippen molar-refractivity contribution >= 4 is 0 Å². The molecule has 2 nitrogen and oxygen atoms in total. The molecule has 0 radical (unpaired) electrons. The smallest absolute Gasteiger partial charge is 0.0783 e. The summed E-state index contributed by atoms with van der Waals surface area (Å²) in [5, 5.41) is 13.6. The summed E-state index contributed by atoms with van der Waals surface area (Å²) < 4.78 is 0. The van der Waals surface area contributed by atoms with Crippen molar-refractivity contribution in [1.29, 1.82) is 0 Å². The predicted octanol–water partition coefficient (Wildman–Crippen LogP) is 2.54. The first-order valence-electron chi connectivity index (χ1n) is 6.46. The summed E-state index contributed by atoms with van der Waals surface area (Å²) in [6.07, 6.45) is 1.75. The van der Waals surface area contributed by atoms with E-state index in [-0.39, 0.29) is 0 Å². The highest BCUT2D eigenvalue weighted by Gasteiger charge is 2.20. The molecule has 2 heteroatoms. The van der Waals surface area contributed by atoms with Crippen LogP contribution in [0.3, 0.4) is 0 Å². The molecule has 2 N–H and O–H groups in total. The molecule has 1 aromatic carbocycles. The van der Waals surface area contributed by atoms with Gasteiger partial charge in [-0.1, -0.05) is 45.0 Å². The zero-order chi connectivity index (χ0) is 12.9. The molecule has 1 rings (SSSR count). The van der Waals surface area contributed by atoms with E-state index in [2.05, 4.69) is 50.4 Å². The fourth-order valence-corrected chi connectivity index (χ4v) is 1.82. The van der Waals surface area contributed by atoms with Crippen molar-refractivity contribution in [2.24, 2.45) is 0 Å². The molecule has 0 fully saturated rings. The largest absolute Gasteiger partial charge is 0.389 e. The van der Waals surface area contributed by atoms with Crippen LogP contribution >= 0.6 is 0 Å². The third-order valence-corrected chi connectivity index (χ3v) is 2.91. The average molecular weight is 235 g/mol. The summed E-state index contributed by atoms with van der Waals surface area (Å²) in [6, 6.07) is 8.91. The topological polar surface area (TPSA) is 32.3 Å². The van der Waals surface area contributed by atoms with Crippen molar-refractivity contribution in [3.05, 3.63) is 35.4 Å². The minimum absolute atomic E-state index is 0.406. The van der Waals surface area contributed by atoms with Gasteiger partial charge in [0.15, 0.2) is 0 Å². The summed E-state index contributed by atoms with van der Waals surface area (Å²) in [5.74, 6) is 0. The number of aliphatic hydroxyl groups is 1. The van der Waals surface area contributed by atoms with Crippen LogP contribution in [0, 0.1) is 0 Å². The van der Waals surface area contributed by atoms with Gasteiger partial charge in [-0.2, -0.15) is 0 Å². The SMILES string of the molecule is CCc1ccc(CC(C)(O)CNC(C)C)cc1. The molecular weight excluding hydrogens is 210 g/mol. The van der Waals surface area contributed by atoms with Gasteiger partial charge in [0.1, 0.15) is 0 Å². The molecule has 96 valence electrons. The van der Waals surface area contributed by atoms with E-state index in [1.54, 1.807) is 0 Å². The molecule has 0 saturated heterocycles. The van der Waals surface area contributed by atoms with Crippen LogP contribution in [0.2, 0.25) is 0 Å². The lowest BCUT2D eigenvalue weighted by Gasteiger charge is -2.25. The summed E-state index contributed by atoms with van der Waals surface area (Å²) in [5.41, 5.74) is 1.85. The van der Waals surface area contributed by atoms with Crippen LogP contribution in [0.5, 0.6) is 0 Å². The average Bonchev–Trinajstić information content (AvgIpc) is 2.27. The minimum Gasteiger partial charge on any atom is -0.389 e. The Bertz CT molecular complexity index is 327. The Morgan fingerprint density at radius 2 is 1.71 bits per heavy atom. The van der Waals surface area contributed by atoms with E-state index in [0.717, 1.165) is 6.42 Å².